The first-order valence-electron chi connectivity index (χ1n) is 8.17. The Morgan fingerprint density at radius 1 is 1.26 bits per heavy atom. The van der Waals surface area contributed by atoms with Crippen LogP contribution in [0, 0.1) is 22.7 Å². The summed E-state index contributed by atoms with van der Waals surface area (Å²) in [5, 5.41) is 11.9. The molecule has 120 valence electrons. The number of hydrogen-bond donors (Lipinski definition) is 1. The Bertz CT molecular complexity index is 665. The fraction of sp³-hybridized carbons (Fsp3) is 0.500. The van der Waals surface area contributed by atoms with Crippen molar-refractivity contribution in [1.29, 1.82) is 5.26 Å². The summed E-state index contributed by atoms with van der Waals surface area (Å²) in [5.41, 5.74) is -0.0226. The first-order chi connectivity index (χ1) is 11.1. The molecular formula is C18H21N3O2. The van der Waals surface area contributed by atoms with Crippen LogP contribution in [0.15, 0.2) is 24.3 Å². The van der Waals surface area contributed by atoms with Gasteiger partial charge >= 0.3 is 0 Å². The van der Waals surface area contributed by atoms with Crippen molar-refractivity contribution in [3.63, 3.8) is 0 Å². The number of likely N-dealkylation sites (tertiary alicyclic amines) is 1. The molecule has 0 atom stereocenters. The van der Waals surface area contributed by atoms with E-state index < -0.39 is 5.41 Å². The molecule has 5 nitrogen and oxygen atoms in total. The lowest BCUT2D eigenvalue weighted by molar-refractivity contribution is -0.143. The molecular weight excluding hydrogens is 290 g/mol. The molecule has 0 aromatic heterocycles. The van der Waals surface area contributed by atoms with Gasteiger partial charge in [0.1, 0.15) is 11.5 Å². The fourth-order valence-electron chi connectivity index (χ4n) is 3.11. The van der Waals surface area contributed by atoms with Gasteiger partial charge in [-0.25, -0.2) is 0 Å². The average Bonchev–Trinajstić information content (AvgIpc) is 3.37. The Labute approximate surface area is 136 Å². The number of nitrogens with zero attached hydrogens (tertiary/aromatic N) is 2. The van der Waals surface area contributed by atoms with Gasteiger partial charge in [-0.1, -0.05) is 19.1 Å². The van der Waals surface area contributed by atoms with Gasteiger partial charge in [-0.15, -0.1) is 0 Å². The maximum Gasteiger partial charge on any atom is 0.240 e. The van der Waals surface area contributed by atoms with Crippen LogP contribution in [0.3, 0.4) is 0 Å². The topological polar surface area (TPSA) is 73.2 Å². The predicted molar refractivity (Wildman–Crippen MR) is 86.4 cm³/mol. The third-order valence-electron chi connectivity index (χ3n) is 4.96. The molecule has 2 aliphatic rings. The van der Waals surface area contributed by atoms with E-state index in [9.17, 15) is 9.59 Å². The zero-order valence-corrected chi connectivity index (χ0v) is 13.3. The van der Waals surface area contributed by atoms with Crippen molar-refractivity contribution in [2.45, 2.75) is 32.6 Å². The largest absolute Gasteiger partial charge is 0.342 e. The van der Waals surface area contributed by atoms with Crippen LogP contribution >= 0.6 is 0 Å². The van der Waals surface area contributed by atoms with Crippen molar-refractivity contribution in [3.8, 4) is 6.07 Å². The van der Waals surface area contributed by atoms with Crippen LogP contribution in [0.4, 0.5) is 5.69 Å². The summed E-state index contributed by atoms with van der Waals surface area (Å²) in [5.74, 6) is 0.325. The number of benzene rings is 1. The molecule has 1 aromatic rings. The second-order valence-corrected chi connectivity index (χ2v) is 6.67. The van der Waals surface area contributed by atoms with Crippen LogP contribution in [0.1, 0.15) is 38.2 Å². The van der Waals surface area contributed by atoms with Crippen molar-refractivity contribution in [2.75, 3.05) is 18.4 Å². The monoisotopic (exact) mass is 311 g/mol. The quantitative estimate of drug-likeness (QED) is 0.872. The number of piperidine rings is 1. The van der Waals surface area contributed by atoms with Crippen molar-refractivity contribution in [1.82, 2.24) is 4.90 Å². The summed E-state index contributed by atoms with van der Waals surface area (Å²) in [7, 11) is 0. The van der Waals surface area contributed by atoms with Gasteiger partial charge in [0, 0.05) is 13.1 Å². The van der Waals surface area contributed by atoms with Crippen LogP contribution in [0.25, 0.3) is 0 Å². The molecule has 2 amide bonds. The van der Waals surface area contributed by atoms with Crippen molar-refractivity contribution < 1.29 is 9.59 Å². The average molecular weight is 311 g/mol. The molecule has 0 bridgehead atoms. The van der Waals surface area contributed by atoms with Crippen LogP contribution in [-0.4, -0.2) is 29.8 Å². The van der Waals surface area contributed by atoms with E-state index in [-0.39, 0.29) is 11.8 Å². The molecule has 1 aromatic carbocycles. The smallest absolute Gasteiger partial charge is 0.240 e. The van der Waals surface area contributed by atoms with Gasteiger partial charge in [0.25, 0.3) is 0 Å². The standard InChI is InChI=1S/C18H21N3O2/c1-13-6-10-21(11-7-13)17(23)18(8-9-18)16(22)20-15-5-3-2-4-14(15)12-19/h2-5,13H,6-11H2,1H3,(H,20,22). The van der Waals surface area contributed by atoms with Crippen molar-refractivity contribution in [3.05, 3.63) is 29.8 Å². The summed E-state index contributed by atoms with van der Waals surface area (Å²) < 4.78 is 0. The lowest BCUT2D eigenvalue weighted by atomic mass is 9.96. The van der Waals surface area contributed by atoms with E-state index in [1.165, 1.54) is 0 Å². The van der Waals surface area contributed by atoms with E-state index >= 15 is 0 Å². The van der Waals surface area contributed by atoms with Crippen LogP contribution in [0.5, 0.6) is 0 Å². The fourth-order valence-corrected chi connectivity index (χ4v) is 3.11. The minimum absolute atomic E-state index is 0.0451. The van der Waals surface area contributed by atoms with E-state index in [2.05, 4.69) is 18.3 Å². The summed E-state index contributed by atoms with van der Waals surface area (Å²) in [6, 6.07) is 8.93. The highest BCUT2D eigenvalue weighted by Crippen LogP contribution is 2.48. The molecule has 5 heteroatoms. The SMILES string of the molecule is CC1CCN(C(=O)C2(C(=O)Nc3ccccc3C#N)CC2)CC1. The van der Waals surface area contributed by atoms with Gasteiger partial charge < -0.3 is 10.2 Å². The van der Waals surface area contributed by atoms with Crippen LogP contribution in [-0.2, 0) is 9.59 Å². The number of hydrogen-bond acceptors (Lipinski definition) is 3. The molecule has 0 spiro atoms. The minimum atomic E-state index is -0.914. The maximum atomic E-state index is 12.8. The van der Waals surface area contributed by atoms with E-state index in [0.29, 0.717) is 30.0 Å². The predicted octanol–water partition coefficient (Wildman–Crippen LogP) is 2.54. The molecule has 3 rings (SSSR count). The lowest BCUT2D eigenvalue weighted by Gasteiger charge is -2.32. The highest BCUT2D eigenvalue weighted by Gasteiger charge is 2.58. The number of amides is 2. The van der Waals surface area contributed by atoms with Gasteiger partial charge in [-0.05, 0) is 43.7 Å². The molecule has 0 radical (unpaired) electrons. The van der Waals surface area contributed by atoms with Crippen LogP contribution < -0.4 is 5.32 Å². The number of rotatable bonds is 3. The molecule has 1 aliphatic carbocycles. The lowest BCUT2D eigenvalue weighted by Crippen LogP contribution is -2.46. The zero-order valence-electron chi connectivity index (χ0n) is 13.3. The Kier molecular flexibility index (Phi) is 4.08. The van der Waals surface area contributed by atoms with E-state index in [1.54, 1.807) is 24.3 Å². The molecule has 2 fully saturated rings. The second-order valence-electron chi connectivity index (χ2n) is 6.67. The van der Waals surface area contributed by atoms with Gasteiger partial charge in [0.05, 0.1) is 11.3 Å². The summed E-state index contributed by atoms with van der Waals surface area (Å²) in [4.78, 5) is 27.3. The zero-order chi connectivity index (χ0) is 16.4. The highest BCUT2D eigenvalue weighted by molar-refractivity contribution is 6.13. The third kappa shape index (κ3) is 2.94. The molecule has 1 aliphatic heterocycles. The normalized spacial score (nSPS) is 19.7. The number of nitriles is 1. The number of carbonyl (C=O) groups is 2. The minimum Gasteiger partial charge on any atom is -0.342 e. The Hall–Kier alpha value is -2.35. The second kappa shape index (κ2) is 6.04. The third-order valence-corrected chi connectivity index (χ3v) is 4.96. The molecule has 1 saturated carbocycles. The molecule has 23 heavy (non-hydrogen) atoms. The van der Waals surface area contributed by atoms with Crippen molar-refractivity contribution in [2.24, 2.45) is 11.3 Å². The van der Waals surface area contributed by atoms with Gasteiger partial charge in [0.2, 0.25) is 11.8 Å². The molecule has 0 unspecified atom stereocenters. The van der Waals surface area contributed by atoms with Gasteiger partial charge in [0.15, 0.2) is 0 Å². The van der Waals surface area contributed by atoms with Crippen LogP contribution in [0.2, 0.25) is 0 Å². The first kappa shape index (κ1) is 15.5. The molecule has 1 saturated heterocycles. The summed E-state index contributed by atoms with van der Waals surface area (Å²) in [6.07, 6.45) is 3.19. The number of anilines is 1. The molecule has 1 heterocycles. The summed E-state index contributed by atoms with van der Waals surface area (Å²) >= 11 is 0. The van der Waals surface area contributed by atoms with E-state index in [0.717, 1.165) is 25.9 Å². The van der Waals surface area contributed by atoms with E-state index in [4.69, 9.17) is 5.26 Å². The number of carbonyl (C=O) groups excluding carboxylic acids is 2. The first-order valence-corrected chi connectivity index (χ1v) is 8.17. The van der Waals surface area contributed by atoms with E-state index in [1.807, 2.05) is 4.90 Å². The van der Waals surface area contributed by atoms with Gasteiger partial charge in [-0.3, -0.25) is 9.59 Å². The summed E-state index contributed by atoms with van der Waals surface area (Å²) in [6.45, 7) is 3.67. The highest BCUT2D eigenvalue weighted by atomic mass is 16.2. The Morgan fingerprint density at radius 2 is 1.91 bits per heavy atom. The van der Waals surface area contributed by atoms with Crippen molar-refractivity contribution >= 4 is 17.5 Å². The Morgan fingerprint density at radius 3 is 2.52 bits per heavy atom. The molecule has 1 N–H and O–H groups in total. The number of nitrogens with one attached hydrogen (secondary N) is 1. The maximum absolute atomic E-state index is 12.8. The van der Waals surface area contributed by atoms with Gasteiger partial charge in [-0.2, -0.15) is 5.26 Å². The Balaban J connectivity index is 1.71. The number of para-hydroxylation sites is 1.